The Balaban J connectivity index is 1.69. The summed E-state index contributed by atoms with van der Waals surface area (Å²) in [7, 11) is 0. The number of aliphatic hydroxyl groups is 1. The van der Waals surface area contributed by atoms with E-state index in [1.165, 1.54) is 11.0 Å². The Kier molecular flexibility index (Phi) is 4.76. The maximum absolute atomic E-state index is 14.1. The van der Waals surface area contributed by atoms with Gasteiger partial charge in [0.25, 0.3) is 5.91 Å². The fraction of sp³-hybridized carbons (Fsp3) is 0.167. The third kappa shape index (κ3) is 3.34. The normalized spacial score (nSPS) is 18.0. The fourth-order valence-electron chi connectivity index (χ4n) is 3.71. The first-order valence-electron chi connectivity index (χ1n) is 9.37. The Morgan fingerprint density at radius 2 is 1.66 bits per heavy atom. The zero-order chi connectivity index (χ0) is 20.6. The molecule has 0 saturated heterocycles. The van der Waals surface area contributed by atoms with Crippen LogP contribution in [-0.4, -0.2) is 16.8 Å². The standard InChI is InChI=1S/C24H20FNO3/c1-16-10-12-17(13-11-16)22(27)14-24(29)19-7-3-5-9-21(19)26(23(24)28)15-18-6-2-4-8-20(18)25/h2-13,29H,14-15H2,1H3/t24-/m1/s1. The number of hydrogen-bond donors (Lipinski definition) is 1. The van der Waals surface area contributed by atoms with Gasteiger partial charge in [0.15, 0.2) is 11.4 Å². The number of aryl methyl sites for hydroxylation is 1. The molecule has 1 amide bonds. The van der Waals surface area contributed by atoms with Gasteiger partial charge in [-0.1, -0.05) is 66.2 Å². The molecule has 3 aromatic rings. The second kappa shape index (κ2) is 7.26. The van der Waals surface area contributed by atoms with Crippen LogP contribution in [0.1, 0.15) is 33.5 Å². The van der Waals surface area contributed by atoms with E-state index in [-0.39, 0.29) is 18.7 Å². The molecule has 4 rings (SSSR count). The number of rotatable bonds is 5. The van der Waals surface area contributed by atoms with Gasteiger partial charge >= 0.3 is 0 Å². The molecule has 3 aromatic carbocycles. The molecule has 0 saturated carbocycles. The van der Waals surface area contributed by atoms with E-state index in [1.54, 1.807) is 54.6 Å². The minimum atomic E-state index is -1.98. The molecule has 0 aromatic heterocycles. The maximum Gasteiger partial charge on any atom is 0.264 e. The van der Waals surface area contributed by atoms with Crippen LogP contribution in [-0.2, 0) is 16.9 Å². The van der Waals surface area contributed by atoms with Crippen LogP contribution >= 0.6 is 0 Å². The van der Waals surface area contributed by atoms with E-state index in [4.69, 9.17) is 0 Å². The molecule has 0 unspecified atom stereocenters. The number of fused-ring (bicyclic) bond motifs is 1. The average Bonchev–Trinajstić information content (AvgIpc) is 2.92. The van der Waals surface area contributed by atoms with E-state index in [9.17, 15) is 19.1 Å². The molecule has 0 spiro atoms. The lowest BCUT2D eigenvalue weighted by molar-refractivity contribution is -0.136. The lowest BCUT2D eigenvalue weighted by Crippen LogP contribution is -2.41. The van der Waals surface area contributed by atoms with Crippen LogP contribution in [0.5, 0.6) is 0 Å². The summed E-state index contributed by atoms with van der Waals surface area (Å²) < 4.78 is 14.1. The van der Waals surface area contributed by atoms with E-state index in [2.05, 4.69) is 0 Å². The number of nitrogens with zero attached hydrogens (tertiary/aromatic N) is 1. The van der Waals surface area contributed by atoms with E-state index in [0.717, 1.165) is 5.56 Å². The number of carbonyl (C=O) groups excluding carboxylic acids is 2. The monoisotopic (exact) mass is 389 g/mol. The Labute approximate surface area is 168 Å². The summed E-state index contributed by atoms with van der Waals surface area (Å²) in [5, 5.41) is 11.3. The molecule has 0 aliphatic carbocycles. The second-order valence-electron chi connectivity index (χ2n) is 7.33. The van der Waals surface area contributed by atoms with E-state index in [1.807, 2.05) is 19.1 Å². The minimum Gasteiger partial charge on any atom is -0.375 e. The number of Topliss-reactive ketones (excluding diaryl/α,β-unsaturated/α-hetero) is 1. The predicted molar refractivity (Wildman–Crippen MR) is 108 cm³/mol. The van der Waals surface area contributed by atoms with E-state index in [0.29, 0.717) is 22.4 Å². The SMILES string of the molecule is Cc1ccc(C(=O)C[C@]2(O)C(=O)N(Cc3ccccc3F)c3ccccc32)cc1. The highest BCUT2D eigenvalue weighted by Gasteiger charge is 2.50. The van der Waals surface area contributed by atoms with Crippen molar-refractivity contribution >= 4 is 17.4 Å². The number of halogens is 1. The molecule has 1 atom stereocenters. The molecule has 146 valence electrons. The smallest absolute Gasteiger partial charge is 0.264 e. The van der Waals surface area contributed by atoms with Crippen molar-refractivity contribution in [3.8, 4) is 0 Å². The van der Waals surface area contributed by atoms with Gasteiger partial charge in [0, 0.05) is 16.7 Å². The first-order valence-corrected chi connectivity index (χ1v) is 9.37. The van der Waals surface area contributed by atoms with Gasteiger partial charge in [0.1, 0.15) is 5.82 Å². The maximum atomic E-state index is 14.1. The highest BCUT2D eigenvalue weighted by Crippen LogP contribution is 2.43. The highest BCUT2D eigenvalue weighted by molar-refractivity contribution is 6.10. The van der Waals surface area contributed by atoms with Crippen LogP contribution in [0.4, 0.5) is 10.1 Å². The highest BCUT2D eigenvalue weighted by atomic mass is 19.1. The summed E-state index contributed by atoms with van der Waals surface area (Å²) in [5.41, 5.74) is 0.649. The minimum absolute atomic E-state index is 0.0243. The van der Waals surface area contributed by atoms with Gasteiger partial charge in [-0.25, -0.2) is 4.39 Å². The Bertz CT molecular complexity index is 1090. The third-order valence-electron chi connectivity index (χ3n) is 5.32. The molecule has 1 aliphatic rings. The first kappa shape index (κ1) is 19.0. The number of carbonyl (C=O) groups is 2. The van der Waals surface area contributed by atoms with Crippen molar-refractivity contribution in [1.29, 1.82) is 0 Å². The topological polar surface area (TPSA) is 57.6 Å². The largest absolute Gasteiger partial charge is 0.375 e. The molecule has 1 aliphatic heterocycles. The summed E-state index contributed by atoms with van der Waals surface area (Å²) in [6.45, 7) is 1.89. The fourth-order valence-corrected chi connectivity index (χ4v) is 3.71. The summed E-state index contributed by atoms with van der Waals surface area (Å²) >= 11 is 0. The van der Waals surface area contributed by atoms with Gasteiger partial charge in [-0.05, 0) is 19.1 Å². The van der Waals surface area contributed by atoms with Crippen molar-refractivity contribution < 1.29 is 19.1 Å². The summed E-state index contributed by atoms with van der Waals surface area (Å²) in [6.07, 6.45) is -0.375. The van der Waals surface area contributed by atoms with Crippen LogP contribution < -0.4 is 4.90 Å². The van der Waals surface area contributed by atoms with E-state index >= 15 is 0 Å². The van der Waals surface area contributed by atoms with Gasteiger partial charge in [-0.2, -0.15) is 0 Å². The number of amides is 1. The average molecular weight is 389 g/mol. The molecule has 0 fully saturated rings. The predicted octanol–water partition coefficient (Wildman–Crippen LogP) is 4.14. The Morgan fingerprint density at radius 1 is 1.00 bits per heavy atom. The zero-order valence-electron chi connectivity index (χ0n) is 15.9. The Hall–Kier alpha value is -3.31. The van der Waals surface area contributed by atoms with Crippen LogP contribution in [0.15, 0.2) is 72.8 Å². The van der Waals surface area contributed by atoms with Crippen molar-refractivity contribution in [2.45, 2.75) is 25.5 Å². The van der Waals surface area contributed by atoms with Gasteiger partial charge in [0.2, 0.25) is 0 Å². The number of ketones is 1. The van der Waals surface area contributed by atoms with Crippen molar-refractivity contribution in [3.63, 3.8) is 0 Å². The molecule has 0 radical (unpaired) electrons. The summed E-state index contributed by atoms with van der Waals surface area (Å²) in [6, 6.07) is 20.0. The first-order chi connectivity index (χ1) is 13.9. The van der Waals surface area contributed by atoms with Gasteiger partial charge in [-0.3, -0.25) is 9.59 Å². The molecular weight excluding hydrogens is 369 g/mol. The van der Waals surface area contributed by atoms with E-state index < -0.39 is 17.3 Å². The molecule has 29 heavy (non-hydrogen) atoms. The van der Waals surface area contributed by atoms with Crippen LogP contribution in [0.2, 0.25) is 0 Å². The van der Waals surface area contributed by atoms with Crippen LogP contribution in [0.3, 0.4) is 0 Å². The number of hydrogen-bond acceptors (Lipinski definition) is 3. The van der Waals surface area contributed by atoms with Crippen LogP contribution in [0.25, 0.3) is 0 Å². The molecule has 1 N–H and O–H groups in total. The molecular formula is C24H20FNO3. The lowest BCUT2D eigenvalue weighted by Gasteiger charge is -2.23. The lowest BCUT2D eigenvalue weighted by atomic mass is 9.88. The summed E-state index contributed by atoms with van der Waals surface area (Å²) in [5.74, 6) is -1.38. The molecule has 1 heterocycles. The number of para-hydroxylation sites is 1. The Morgan fingerprint density at radius 3 is 2.38 bits per heavy atom. The molecule has 0 bridgehead atoms. The summed E-state index contributed by atoms with van der Waals surface area (Å²) in [4.78, 5) is 27.4. The van der Waals surface area contributed by atoms with Crippen molar-refractivity contribution in [1.82, 2.24) is 0 Å². The van der Waals surface area contributed by atoms with Gasteiger partial charge in [-0.15, -0.1) is 0 Å². The molecule has 5 heteroatoms. The van der Waals surface area contributed by atoms with Gasteiger partial charge < -0.3 is 10.0 Å². The van der Waals surface area contributed by atoms with Crippen molar-refractivity contribution in [3.05, 3.63) is 101 Å². The third-order valence-corrected chi connectivity index (χ3v) is 5.32. The number of benzene rings is 3. The quantitative estimate of drug-likeness (QED) is 0.667. The zero-order valence-corrected chi connectivity index (χ0v) is 15.9. The van der Waals surface area contributed by atoms with Gasteiger partial charge in [0.05, 0.1) is 18.7 Å². The number of anilines is 1. The molecule has 4 nitrogen and oxygen atoms in total. The van der Waals surface area contributed by atoms with Crippen LogP contribution in [0, 0.1) is 12.7 Å². The second-order valence-corrected chi connectivity index (χ2v) is 7.33. The van der Waals surface area contributed by atoms with Crippen molar-refractivity contribution in [2.75, 3.05) is 4.90 Å². The van der Waals surface area contributed by atoms with Crippen molar-refractivity contribution in [2.24, 2.45) is 0 Å².